The predicted molar refractivity (Wildman–Crippen MR) is 65.4 cm³/mol. The van der Waals surface area contributed by atoms with Crippen LogP contribution in [0.15, 0.2) is 24.3 Å². The van der Waals surface area contributed by atoms with E-state index < -0.39 is 0 Å². The van der Waals surface area contributed by atoms with E-state index in [4.69, 9.17) is 16.3 Å². The maximum absolute atomic E-state index is 5.97. The first-order valence-electron chi connectivity index (χ1n) is 4.34. The molecule has 1 aromatic carbocycles. The molecule has 1 rings (SSSR count). The lowest BCUT2D eigenvalue weighted by Crippen LogP contribution is -1.84. The molecule has 0 spiro atoms. The fourth-order valence-electron chi connectivity index (χ4n) is 1.07. The van der Waals surface area contributed by atoms with E-state index in [-0.39, 0.29) is 0 Å². The van der Waals surface area contributed by atoms with Crippen molar-refractivity contribution in [2.75, 3.05) is 12.4 Å². The van der Waals surface area contributed by atoms with Crippen molar-refractivity contribution in [3.8, 4) is 5.75 Å². The maximum Gasteiger partial charge on any atom is 0.137 e. The molecule has 0 N–H and O–H groups in total. The lowest BCUT2D eigenvalue weighted by Gasteiger charge is -2.02. The number of hydrogen-bond donors (Lipinski definition) is 0. The largest absolute Gasteiger partial charge is 0.495 e. The molecule has 0 saturated carbocycles. The van der Waals surface area contributed by atoms with Crippen LogP contribution in [0.1, 0.15) is 12.0 Å². The van der Waals surface area contributed by atoms with Gasteiger partial charge in [0, 0.05) is 5.33 Å². The molecule has 3 heteroatoms. The second-order valence-corrected chi connectivity index (χ2v) is 3.97. The van der Waals surface area contributed by atoms with Crippen molar-refractivity contribution in [3.63, 3.8) is 0 Å². The van der Waals surface area contributed by atoms with E-state index in [1.165, 1.54) is 0 Å². The van der Waals surface area contributed by atoms with Gasteiger partial charge in [-0.2, -0.15) is 0 Å². The van der Waals surface area contributed by atoms with Gasteiger partial charge in [0.05, 0.1) is 12.1 Å². The normalized spacial score (nSPS) is 10.8. The Balaban J connectivity index is 2.76. The van der Waals surface area contributed by atoms with Crippen LogP contribution in [-0.4, -0.2) is 12.4 Å². The molecule has 76 valence electrons. The van der Waals surface area contributed by atoms with Crippen molar-refractivity contribution in [1.29, 1.82) is 0 Å². The summed E-state index contributed by atoms with van der Waals surface area (Å²) in [6.07, 6.45) is 5.17. The molecule has 0 aliphatic carbocycles. The minimum absolute atomic E-state index is 0.647. The van der Waals surface area contributed by atoms with Crippen LogP contribution >= 0.6 is 27.5 Å². The molecule has 0 heterocycles. The standard InChI is InChI=1S/C11H12BrClO/c1-14-11-6-5-9(8-10(11)13)4-2-3-7-12/h2,4-6,8H,3,7H2,1H3. The summed E-state index contributed by atoms with van der Waals surface area (Å²) in [6, 6.07) is 5.75. The van der Waals surface area contributed by atoms with Gasteiger partial charge in [-0.25, -0.2) is 0 Å². The van der Waals surface area contributed by atoms with Gasteiger partial charge in [0.1, 0.15) is 5.75 Å². The van der Waals surface area contributed by atoms with Gasteiger partial charge < -0.3 is 4.74 Å². The molecule has 1 aromatic rings. The van der Waals surface area contributed by atoms with E-state index in [1.54, 1.807) is 7.11 Å². The van der Waals surface area contributed by atoms with Crippen LogP contribution < -0.4 is 4.74 Å². The molecule has 0 amide bonds. The highest BCUT2D eigenvalue weighted by molar-refractivity contribution is 9.09. The van der Waals surface area contributed by atoms with E-state index in [1.807, 2.05) is 24.3 Å². The SMILES string of the molecule is COc1ccc(C=CCCBr)cc1Cl. The Morgan fingerprint density at radius 1 is 1.50 bits per heavy atom. The smallest absolute Gasteiger partial charge is 0.137 e. The Labute approximate surface area is 97.9 Å². The Kier molecular flexibility index (Phi) is 5.05. The third kappa shape index (κ3) is 3.35. The summed E-state index contributed by atoms with van der Waals surface area (Å²) in [5, 5.41) is 1.63. The Morgan fingerprint density at radius 3 is 2.86 bits per heavy atom. The molecule has 0 radical (unpaired) electrons. The summed E-state index contributed by atoms with van der Waals surface area (Å²) < 4.78 is 5.06. The van der Waals surface area contributed by atoms with Gasteiger partial charge in [0.15, 0.2) is 0 Å². The average molecular weight is 276 g/mol. The van der Waals surface area contributed by atoms with Crippen molar-refractivity contribution in [1.82, 2.24) is 0 Å². The number of allylic oxidation sites excluding steroid dienone is 1. The molecule has 0 atom stereocenters. The zero-order valence-corrected chi connectivity index (χ0v) is 10.3. The lowest BCUT2D eigenvalue weighted by atomic mass is 10.2. The fraction of sp³-hybridized carbons (Fsp3) is 0.273. The molecule has 0 aliphatic heterocycles. The summed E-state index contributed by atoms with van der Waals surface area (Å²) in [7, 11) is 1.61. The molecule has 0 aliphatic rings. The lowest BCUT2D eigenvalue weighted by molar-refractivity contribution is 0.415. The Bertz CT molecular complexity index is 323. The average Bonchev–Trinajstić information content (AvgIpc) is 2.18. The van der Waals surface area contributed by atoms with Crippen LogP contribution in [0.5, 0.6) is 5.75 Å². The summed E-state index contributed by atoms with van der Waals surface area (Å²) in [5.74, 6) is 0.712. The molecule has 1 nitrogen and oxygen atoms in total. The van der Waals surface area contributed by atoms with Crippen LogP contribution in [0.4, 0.5) is 0 Å². The highest BCUT2D eigenvalue weighted by Gasteiger charge is 1.98. The molecule has 0 bridgehead atoms. The van der Waals surface area contributed by atoms with E-state index in [0.29, 0.717) is 10.8 Å². The second kappa shape index (κ2) is 6.10. The van der Waals surface area contributed by atoms with Gasteiger partial charge in [0.2, 0.25) is 0 Å². The number of halogens is 2. The third-order valence-corrected chi connectivity index (χ3v) is 2.52. The van der Waals surface area contributed by atoms with Crippen molar-refractivity contribution < 1.29 is 4.74 Å². The first-order valence-corrected chi connectivity index (χ1v) is 5.84. The molecule has 0 unspecified atom stereocenters. The van der Waals surface area contributed by atoms with Crippen LogP contribution in [0.25, 0.3) is 6.08 Å². The zero-order valence-electron chi connectivity index (χ0n) is 7.97. The maximum atomic E-state index is 5.97. The van der Waals surface area contributed by atoms with E-state index in [0.717, 1.165) is 17.3 Å². The number of hydrogen-bond acceptors (Lipinski definition) is 1. The Hall–Kier alpha value is -0.470. The monoisotopic (exact) mass is 274 g/mol. The van der Waals surface area contributed by atoms with E-state index in [9.17, 15) is 0 Å². The quantitative estimate of drug-likeness (QED) is 0.750. The van der Waals surface area contributed by atoms with E-state index >= 15 is 0 Å². The first kappa shape index (κ1) is 11.6. The summed E-state index contributed by atoms with van der Waals surface area (Å²) in [4.78, 5) is 0. The number of alkyl halides is 1. The molecule has 0 aromatic heterocycles. The second-order valence-electron chi connectivity index (χ2n) is 2.77. The minimum Gasteiger partial charge on any atom is -0.495 e. The minimum atomic E-state index is 0.647. The van der Waals surface area contributed by atoms with Gasteiger partial charge >= 0.3 is 0 Å². The number of methoxy groups -OCH3 is 1. The van der Waals surface area contributed by atoms with Crippen molar-refractivity contribution in [2.45, 2.75) is 6.42 Å². The zero-order chi connectivity index (χ0) is 10.4. The highest BCUT2D eigenvalue weighted by atomic mass is 79.9. The van der Waals surface area contributed by atoms with Gasteiger partial charge in [-0.15, -0.1) is 0 Å². The van der Waals surface area contributed by atoms with Crippen molar-refractivity contribution in [3.05, 3.63) is 34.9 Å². The highest BCUT2D eigenvalue weighted by Crippen LogP contribution is 2.25. The molecular formula is C11H12BrClO. The van der Waals surface area contributed by atoms with Crippen LogP contribution in [0.2, 0.25) is 5.02 Å². The summed E-state index contributed by atoms with van der Waals surface area (Å²) >= 11 is 9.34. The summed E-state index contributed by atoms with van der Waals surface area (Å²) in [5.41, 5.74) is 1.09. The van der Waals surface area contributed by atoms with Crippen molar-refractivity contribution >= 4 is 33.6 Å². The number of benzene rings is 1. The fourth-order valence-corrected chi connectivity index (χ4v) is 1.60. The first-order chi connectivity index (χ1) is 6.77. The molecule has 0 fully saturated rings. The van der Waals surface area contributed by atoms with Gasteiger partial charge in [-0.05, 0) is 24.1 Å². The third-order valence-electron chi connectivity index (χ3n) is 1.76. The summed E-state index contributed by atoms with van der Waals surface area (Å²) in [6.45, 7) is 0. The molecule has 0 saturated heterocycles. The topological polar surface area (TPSA) is 9.23 Å². The van der Waals surface area contributed by atoms with Crippen molar-refractivity contribution in [2.24, 2.45) is 0 Å². The van der Waals surface area contributed by atoms with Gasteiger partial charge in [-0.3, -0.25) is 0 Å². The number of ether oxygens (including phenoxy) is 1. The Morgan fingerprint density at radius 2 is 2.29 bits per heavy atom. The van der Waals surface area contributed by atoms with Crippen LogP contribution in [0.3, 0.4) is 0 Å². The van der Waals surface area contributed by atoms with Gasteiger partial charge in [-0.1, -0.05) is 45.7 Å². The number of rotatable bonds is 4. The molecular weight excluding hydrogens is 263 g/mol. The van der Waals surface area contributed by atoms with Gasteiger partial charge in [0.25, 0.3) is 0 Å². The molecule has 14 heavy (non-hydrogen) atoms. The van der Waals surface area contributed by atoms with Crippen LogP contribution in [-0.2, 0) is 0 Å². The van der Waals surface area contributed by atoms with E-state index in [2.05, 4.69) is 22.0 Å². The predicted octanol–water partition coefficient (Wildman–Crippen LogP) is 4.15. The van der Waals surface area contributed by atoms with Crippen LogP contribution in [0, 0.1) is 0 Å².